The van der Waals surface area contributed by atoms with Gasteiger partial charge in [-0.2, -0.15) is 23.8 Å². The number of benzene rings is 8. The van der Waals surface area contributed by atoms with Crippen molar-refractivity contribution < 1.29 is 55.2 Å². The summed E-state index contributed by atoms with van der Waals surface area (Å²) in [6.07, 6.45) is 0.308. The van der Waals surface area contributed by atoms with Crippen LogP contribution in [-0.2, 0) is 33.1 Å². The van der Waals surface area contributed by atoms with E-state index in [-0.39, 0.29) is 106 Å². The van der Waals surface area contributed by atoms with Crippen molar-refractivity contribution in [1.82, 2.24) is 0 Å². The Morgan fingerprint density at radius 1 is 0.600 bits per heavy atom. The number of ether oxygens (including phenoxy) is 2. The molecule has 8 aromatic rings. The fraction of sp³-hybridized carbons (Fsp3) is 0.115. The largest absolute Gasteiger partial charge is 2.00 e. The Hall–Kier alpha value is -6.72. The molecule has 380 valence electrons. The van der Waals surface area contributed by atoms with E-state index >= 15 is 0 Å². The summed E-state index contributed by atoms with van der Waals surface area (Å²) in [7, 11) is -6.44. The summed E-state index contributed by atoms with van der Waals surface area (Å²) in [5.74, 6) is -1.05. The molecule has 0 fully saturated rings. The average Bonchev–Trinajstić information content (AvgIpc) is 3.37. The van der Waals surface area contributed by atoms with Gasteiger partial charge in [-0.1, -0.05) is 91.3 Å². The molecule has 0 aliphatic rings. The molecule has 4 N–H and O–H groups in total. The number of rotatable bonds is 14. The molecule has 0 spiro atoms. The number of phenols is 1. The number of halogens is 2. The van der Waals surface area contributed by atoms with Crippen LogP contribution in [-0.4, -0.2) is 94.8 Å². The van der Waals surface area contributed by atoms with Crippen molar-refractivity contribution in [3.05, 3.63) is 166 Å². The van der Waals surface area contributed by atoms with Crippen molar-refractivity contribution in [2.75, 3.05) is 24.9 Å². The van der Waals surface area contributed by atoms with Crippen LogP contribution in [0.5, 0.6) is 23.0 Å². The van der Waals surface area contributed by atoms with Crippen LogP contribution in [0.25, 0.3) is 21.5 Å². The molecule has 8 aromatic carbocycles. The van der Waals surface area contributed by atoms with Gasteiger partial charge in [0.05, 0.1) is 51.8 Å². The maximum absolute atomic E-state index is 13.4. The molecule has 0 aliphatic heterocycles. The van der Waals surface area contributed by atoms with Crippen molar-refractivity contribution in [3.63, 3.8) is 0 Å². The smallest absolute Gasteiger partial charge is 0.870 e. The van der Waals surface area contributed by atoms with E-state index < -0.39 is 53.3 Å². The van der Waals surface area contributed by atoms with Crippen molar-refractivity contribution in [3.8, 4) is 23.0 Å². The summed E-state index contributed by atoms with van der Waals surface area (Å²) in [5.41, 5.74) is 1.12. The zero-order valence-electron chi connectivity index (χ0n) is 40.2. The van der Waals surface area contributed by atoms with Crippen molar-refractivity contribution in [1.29, 1.82) is 0 Å². The first kappa shape index (κ1) is 57.6. The van der Waals surface area contributed by atoms with Gasteiger partial charge in [0.2, 0.25) is 0 Å². The fourth-order valence-corrected chi connectivity index (χ4v) is 10.4. The monoisotopic (exact) mass is 1120 g/mol. The molecule has 0 bridgehead atoms. The Morgan fingerprint density at radius 2 is 1.01 bits per heavy atom. The van der Waals surface area contributed by atoms with Crippen molar-refractivity contribution >= 4 is 149 Å². The second-order valence-electron chi connectivity index (χ2n) is 15.8. The number of aromatic hydroxyl groups is 1. The number of fused-ring (bicyclic) bond motifs is 2. The van der Waals surface area contributed by atoms with Gasteiger partial charge in [-0.15, -0.1) is 5.11 Å². The minimum atomic E-state index is -4.88. The summed E-state index contributed by atoms with van der Waals surface area (Å²) in [4.78, 5) is 25.1. The molecule has 0 aliphatic carbocycles. The maximum atomic E-state index is 13.4. The molecule has 0 aromatic heterocycles. The van der Waals surface area contributed by atoms with E-state index in [2.05, 4.69) is 31.1 Å². The quantitative estimate of drug-likeness (QED) is 0.0449. The first-order valence-electron chi connectivity index (χ1n) is 22.1. The van der Waals surface area contributed by atoms with Crippen LogP contribution in [0.2, 0.25) is 10.0 Å². The molecule has 2 amide bonds. The molecule has 75 heavy (non-hydrogen) atoms. The van der Waals surface area contributed by atoms with E-state index in [1.807, 2.05) is 0 Å². The molecule has 0 radical (unpaired) electrons. The summed E-state index contributed by atoms with van der Waals surface area (Å²) in [6.45, 7) is 3.31. The third kappa shape index (κ3) is 13.2. The second-order valence-corrected chi connectivity index (χ2v) is 19.3. The summed E-state index contributed by atoms with van der Waals surface area (Å²) < 4.78 is 79.0. The number of carbonyl (C=O) groups is 2. The minimum absolute atomic E-state index is 0. The van der Waals surface area contributed by atoms with Crippen LogP contribution in [0.1, 0.15) is 45.7 Å². The van der Waals surface area contributed by atoms with E-state index in [1.54, 1.807) is 117 Å². The predicted octanol–water partition coefficient (Wildman–Crippen LogP) is 12.0. The van der Waals surface area contributed by atoms with Gasteiger partial charge in [-0.05, 0) is 114 Å². The first-order chi connectivity index (χ1) is 35.3. The Morgan fingerprint density at radius 3 is 1.47 bits per heavy atom. The third-order valence-corrected chi connectivity index (χ3v) is 14.1. The Balaban J connectivity index is 0.000000241. The number of hydrogen-bond donors (Lipinski definition) is 4. The fourth-order valence-electron chi connectivity index (χ4n) is 7.72. The number of amides is 2. The van der Waals surface area contributed by atoms with Crippen molar-refractivity contribution in [2.24, 2.45) is 20.5 Å². The van der Waals surface area contributed by atoms with Crippen LogP contribution in [0, 0.1) is 0 Å². The number of carbonyl (C=O) groups excluding carboxylic acids is 2. The van der Waals surface area contributed by atoms with E-state index in [4.69, 9.17) is 32.7 Å². The van der Waals surface area contributed by atoms with Gasteiger partial charge in [-0.25, -0.2) is 8.42 Å². The SMILES string of the molecule is CCc1c(N=Nc2c(O)c(C(=O)Nc3ccc(OC)cc3)cc3ccccc23)ccc(Cl)c1S(=O)(=O)O.CCc1c(N=Nc2c([O-])c(C(=O)Nc3ccc(OC)cc3)cc3ccccc23)ccc(Cl)c1S(=O)(=O)[O-].[Ca+2]. The Kier molecular flexibility index (Phi) is 19.0. The molecular weight excluding hydrogens is 1080 g/mol. The molecule has 18 nitrogen and oxygen atoms in total. The number of nitrogens with one attached hydrogen (secondary N) is 2. The van der Waals surface area contributed by atoms with Gasteiger partial charge >= 0.3 is 37.7 Å². The van der Waals surface area contributed by atoms with E-state index in [0.29, 0.717) is 44.4 Å². The molecule has 0 saturated heterocycles. The minimum Gasteiger partial charge on any atom is -0.870 e. The van der Waals surface area contributed by atoms with Gasteiger partial charge < -0.3 is 34.9 Å². The van der Waals surface area contributed by atoms with E-state index in [0.717, 1.165) is 0 Å². The Labute approximate surface area is 470 Å². The molecular formula is C52H42CaCl2N6O12S2. The zero-order chi connectivity index (χ0) is 53.5. The molecule has 23 heteroatoms. The number of nitrogens with zero attached hydrogens (tertiary/aromatic N) is 4. The number of phenolic OH excluding ortho intramolecular Hbond substituents is 1. The van der Waals surface area contributed by atoms with E-state index in [9.17, 15) is 45.7 Å². The third-order valence-electron chi connectivity index (χ3n) is 11.3. The van der Waals surface area contributed by atoms with Gasteiger partial charge in [0.1, 0.15) is 32.2 Å². The Bertz CT molecular complexity index is 3530. The van der Waals surface area contributed by atoms with Crippen LogP contribution >= 0.6 is 23.2 Å². The normalized spacial score (nSPS) is 11.5. The number of methoxy groups -OCH3 is 2. The molecule has 0 atom stereocenters. The van der Waals surface area contributed by atoms with Crippen LogP contribution in [0.3, 0.4) is 0 Å². The van der Waals surface area contributed by atoms with Crippen LogP contribution < -0.4 is 25.2 Å². The number of hydrogen-bond acceptors (Lipinski definition) is 15. The number of azo groups is 2. The topological polar surface area (TPSA) is 281 Å². The van der Waals surface area contributed by atoms with Gasteiger partial charge in [0.15, 0.2) is 5.75 Å². The summed E-state index contributed by atoms with van der Waals surface area (Å²) in [5, 5.41) is 48.2. The first-order valence-corrected chi connectivity index (χ1v) is 25.7. The van der Waals surface area contributed by atoms with Gasteiger partial charge in [0, 0.05) is 33.3 Å². The van der Waals surface area contributed by atoms with Crippen molar-refractivity contribution in [2.45, 2.75) is 36.5 Å². The van der Waals surface area contributed by atoms with Gasteiger partial charge in [-0.3, -0.25) is 14.1 Å². The average molecular weight is 1120 g/mol. The zero-order valence-corrected chi connectivity index (χ0v) is 45.5. The molecule has 0 unspecified atom stereocenters. The summed E-state index contributed by atoms with van der Waals surface area (Å²) >= 11 is 12.0. The molecule has 0 saturated carbocycles. The van der Waals surface area contributed by atoms with E-state index in [1.165, 1.54) is 44.6 Å². The standard InChI is InChI=1S/2C26H22ClN3O6S.Ca/c2*1-3-18-22(13-12-21(27)25(18)37(33,34)35)29-30-23-19-7-5-4-6-15(19)14-20(24(23)31)26(32)28-16-8-10-17(36-2)11-9-16;/h2*4-14,31H,3H2,1-2H3,(H,28,32)(H,33,34,35);/q;;+2/p-2. The maximum Gasteiger partial charge on any atom is 2.00 e. The molecule has 8 rings (SSSR count). The van der Waals surface area contributed by atoms with Crippen LogP contribution in [0.4, 0.5) is 34.1 Å². The summed E-state index contributed by atoms with van der Waals surface area (Å²) in [6, 6.07) is 35.5. The molecule has 0 heterocycles. The number of anilines is 2. The second kappa shape index (κ2) is 24.7. The van der Waals surface area contributed by atoms with Gasteiger partial charge in [0.25, 0.3) is 21.9 Å². The van der Waals surface area contributed by atoms with Crippen LogP contribution in [0.15, 0.2) is 164 Å². The predicted molar refractivity (Wildman–Crippen MR) is 284 cm³/mol.